The van der Waals surface area contributed by atoms with Gasteiger partial charge in [-0.25, -0.2) is 9.78 Å². The molecule has 7 heteroatoms. The van der Waals surface area contributed by atoms with Crippen LogP contribution < -0.4 is 14.2 Å². The van der Waals surface area contributed by atoms with E-state index in [1.54, 1.807) is 19.1 Å². The minimum Gasteiger partial charge on any atom is -0.489 e. The Morgan fingerprint density at radius 1 is 0.944 bits per heavy atom. The summed E-state index contributed by atoms with van der Waals surface area (Å²) in [5.41, 5.74) is 3.03. The topological polar surface area (TPSA) is 84.0 Å². The van der Waals surface area contributed by atoms with Crippen molar-refractivity contribution in [2.45, 2.75) is 32.7 Å². The lowest BCUT2D eigenvalue weighted by atomic mass is 9.99. The van der Waals surface area contributed by atoms with Crippen LogP contribution in [-0.4, -0.2) is 29.4 Å². The van der Waals surface area contributed by atoms with Crippen LogP contribution in [0, 0.1) is 0 Å². The Morgan fingerprint density at radius 3 is 2.58 bits per heavy atom. The van der Waals surface area contributed by atoms with Gasteiger partial charge in [0.1, 0.15) is 30.5 Å². The molecule has 4 aromatic rings. The van der Waals surface area contributed by atoms with Gasteiger partial charge in [0.2, 0.25) is 6.10 Å². The molecule has 0 radical (unpaired) electrons. The van der Waals surface area contributed by atoms with E-state index < -0.39 is 12.1 Å². The fourth-order valence-electron chi connectivity index (χ4n) is 3.99. The largest absolute Gasteiger partial charge is 0.489 e. The van der Waals surface area contributed by atoms with Crippen molar-refractivity contribution >= 4 is 22.7 Å². The number of ether oxygens (including phenoxy) is 4. The number of hydrogen-bond acceptors (Lipinski definition) is 7. The van der Waals surface area contributed by atoms with Crippen molar-refractivity contribution < 1.29 is 28.5 Å². The van der Waals surface area contributed by atoms with Gasteiger partial charge < -0.3 is 18.9 Å². The molecule has 0 bridgehead atoms. The monoisotopic (exact) mass is 483 g/mol. The Morgan fingerprint density at radius 2 is 1.75 bits per heavy atom. The average molecular weight is 484 g/mol. The Kier molecular flexibility index (Phi) is 6.80. The first kappa shape index (κ1) is 23.4. The summed E-state index contributed by atoms with van der Waals surface area (Å²) in [5, 5.41) is 1.09. The van der Waals surface area contributed by atoms with E-state index in [0.29, 0.717) is 29.4 Å². The molecule has 3 aromatic carbocycles. The molecule has 1 aromatic heterocycles. The molecule has 0 amide bonds. The van der Waals surface area contributed by atoms with Crippen LogP contribution >= 0.6 is 0 Å². The average Bonchev–Trinajstić information content (AvgIpc) is 2.91. The zero-order chi connectivity index (χ0) is 24.9. The molecule has 0 saturated carbocycles. The number of nitrogens with zero attached hydrogens (tertiary/aromatic N) is 1. The summed E-state index contributed by atoms with van der Waals surface area (Å²) in [4.78, 5) is 29.1. The first-order chi connectivity index (χ1) is 17.6. The predicted molar refractivity (Wildman–Crippen MR) is 133 cm³/mol. The highest BCUT2D eigenvalue weighted by molar-refractivity contribution is 6.02. The maximum Gasteiger partial charge on any atom is 0.347 e. The van der Waals surface area contributed by atoms with Gasteiger partial charge in [-0.05, 0) is 48.9 Å². The number of fused-ring (bicyclic) bond motifs is 2. The van der Waals surface area contributed by atoms with Crippen molar-refractivity contribution in [1.29, 1.82) is 0 Å². The third-order valence-electron chi connectivity index (χ3n) is 5.79. The fourth-order valence-corrected chi connectivity index (χ4v) is 3.99. The molecule has 36 heavy (non-hydrogen) atoms. The smallest absolute Gasteiger partial charge is 0.347 e. The van der Waals surface area contributed by atoms with E-state index in [0.717, 1.165) is 22.2 Å². The minimum atomic E-state index is -0.924. The molecule has 0 N–H and O–H groups in total. The van der Waals surface area contributed by atoms with Gasteiger partial charge in [-0.3, -0.25) is 4.79 Å². The molecular weight excluding hydrogens is 458 g/mol. The molecule has 0 fully saturated rings. The first-order valence-electron chi connectivity index (χ1n) is 11.8. The van der Waals surface area contributed by atoms with Gasteiger partial charge in [-0.1, -0.05) is 36.4 Å². The van der Waals surface area contributed by atoms with Gasteiger partial charge in [0.05, 0.1) is 29.8 Å². The molecule has 0 saturated heterocycles. The normalized spacial score (nSPS) is 14.6. The Labute approximate surface area is 208 Å². The molecular formula is C29H25NO6. The SMILES string of the molecule is CCOC(=O)C1CC(=O)c2ccc(COc3cccc(OCc4ccc5ccccc5n4)c3)cc2O1. The summed E-state index contributed by atoms with van der Waals surface area (Å²) in [6.45, 7) is 2.54. The van der Waals surface area contributed by atoms with E-state index in [2.05, 4.69) is 4.98 Å². The minimum absolute atomic E-state index is 0.0246. The highest BCUT2D eigenvalue weighted by Crippen LogP contribution is 2.30. The number of esters is 1. The lowest BCUT2D eigenvalue weighted by molar-refractivity contribution is -0.151. The first-order valence-corrected chi connectivity index (χ1v) is 11.8. The van der Waals surface area contributed by atoms with Crippen LogP contribution in [0.5, 0.6) is 17.2 Å². The number of pyridine rings is 1. The molecule has 5 rings (SSSR count). The van der Waals surface area contributed by atoms with Gasteiger partial charge in [-0.2, -0.15) is 0 Å². The quantitative estimate of drug-likeness (QED) is 0.315. The summed E-state index contributed by atoms with van der Waals surface area (Å²) in [5.74, 6) is 0.990. The van der Waals surface area contributed by atoms with Crippen LogP contribution in [0.2, 0.25) is 0 Å². The highest BCUT2D eigenvalue weighted by atomic mass is 16.6. The summed E-state index contributed by atoms with van der Waals surface area (Å²) in [6.07, 6.45) is -0.949. The number of benzene rings is 3. The van der Waals surface area contributed by atoms with E-state index in [-0.39, 0.29) is 25.4 Å². The number of Topliss-reactive ketones (excluding diaryl/α,β-unsaturated/α-hetero) is 1. The number of ketones is 1. The lowest BCUT2D eigenvalue weighted by Gasteiger charge is -2.24. The van der Waals surface area contributed by atoms with Crippen molar-refractivity contribution in [3.63, 3.8) is 0 Å². The van der Waals surface area contributed by atoms with E-state index in [9.17, 15) is 9.59 Å². The third kappa shape index (κ3) is 5.30. The molecule has 1 aliphatic rings. The van der Waals surface area contributed by atoms with Gasteiger partial charge in [0.25, 0.3) is 0 Å². The number of para-hydroxylation sites is 1. The van der Waals surface area contributed by atoms with Gasteiger partial charge in [0, 0.05) is 11.5 Å². The summed E-state index contributed by atoms with van der Waals surface area (Å²) in [7, 11) is 0. The number of carbonyl (C=O) groups excluding carboxylic acids is 2. The summed E-state index contributed by atoms with van der Waals surface area (Å²) in [6, 6.07) is 24.6. The molecule has 182 valence electrons. The molecule has 0 spiro atoms. The second-order valence-electron chi connectivity index (χ2n) is 8.36. The number of rotatable bonds is 8. The van der Waals surface area contributed by atoms with E-state index in [1.165, 1.54) is 0 Å². The van der Waals surface area contributed by atoms with E-state index in [1.807, 2.05) is 66.7 Å². The zero-order valence-electron chi connectivity index (χ0n) is 19.8. The lowest BCUT2D eigenvalue weighted by Crippen LogP contribution is -2.35. The Bertz CT molecular complexity index is 1420. The molecule has 0 aliphatic carbocycles. The van der Waals surface area contributed by atoms with Crippen molar-refractivity contribution in [2.75, 3.05) is 6.61 Å². The highest BCUT2D eigenvalue weighted by Gasteiger charge is 2.32. The standard InChI is InChI=1S/C29H25NO6/c1-2-33-29(32)28-16-26(31)24-13-10-19(14-27(24)36-28)17-34-22-7-5-8-23(15-22)35-18-21-12-11-20-6-3-4-9-25(20)30-21/h3-15,28H,2,16-18H2,1H3. The summed E-state index contributed by atoms with van der Waals surface area (Å²) >= 11 is 0. The van der Waals surface area contributed by atoms with Crippen LogP contribution in [-0.2, 0) is 22.7 Å². The van der Waals surface area contributed by atoms with Crippen LogP contribution in [0.4, 0.5) is 0 Å². The van der Waals surface area contributed by atoms with Crippen LogP contribution in [0.1, 0.15) is 35.0 Å². The van der Waals surface area contributed by atoms with Crippen molar-refractivity contribution in [1.82, 2.24) is 4.98 Å². The molecule has 1 aliphatic heterocycles. The van der Waals surface area contributed by atoms with Crippen LogP contribution in [0.25, 0.3) is 10.9 Å². The van der Waals surface area contributed by atoms with Crippen molar-refractivity contribution in [2.24, 2.45) is 0 Å². The Hall–Kier alpha value is -4.39. The predicted octanol–water partition coefficient (Wildman–Crippen LogP) is 5.29. The van der Waals surface area contributed by atoms with Gasteiger partial charge in [0.15, 0.2) is 5.78 Å². The number of hydrogen-bond donors (Lipinski definition) is 0. The third-order valence-corrected chi connectivity index (χ3v) is 5.79. The Balaban J connectivity index is 1.21. The zero-order valence-corrected chi connectivity index (χ0v) is 19.8. The maximum atomic E-state index is 12.4. The maximum absolute atomic E-state index is 12.4. The van der Waals surface area contributed by atoms with Crippen molar-refractivity contribution in [3.8, 4) is 17.2 Å². The number of carbonyl (C=O) groups is 2. The fraction of sp³-hybridized carbons (Fsp3) is 0.207. The molecule has 7 nitrogen and oxygen atoms in total. The van der Waals surface area contributed by atoms with E-state index >= 15 is 0 Å². The summed E-state index contributed by atoms with van der Waals surface area (Å²) < 4.78 is 22.6. The molecule has 1 atom stereocenters. The van der Waals surface area contributed by atoms with Crippen molar-refractivity contribution in [3.05, 3.63) is 95.7 Å². The molecule has 2 heterocycles. The van der Waals surface area contributed by atoms with Crippen LogP contribution in [0.3, 0.4) is 0 Å². The van der Waals surface area contributed by atoms with Crippen LogP contribution in [0.15, 0.2) is 78.9 Å². The molecule has 1 unspecified atom stereocenters. The second kappa shape index (κ2) is 10.5. The van der Waals surface area contributed by atoms with Gasteiger partial charge in [-0.15, -0.1) is 0 Å². The second-order valence-corrected chi connectivity index (χ2v) is 8.36. The number of aromatic nitrogens is 1. The van der Waals surface area contributed by atoms with E-state index in [4.69, 9.17) is 18.9 Å². The van der Waals surface area contributed by atoms with Gasteiger partial charge >= 0.3 is 5.97 Å².